The monoisotopic (exact) mass is 212 g/mol. The van der Waals surface area contributed by atoms with Crippen molar-refractivity contribution in [2.75, 3.05) is 13.7 Å². The molecule has 2 atom stereocenters. The van der Waals surface area contributed by atoms with Gasteiger partial charge in [-0.1, -0.05) is 47.0 Å². The molecule has 0 aliphatic heterocycles. The number of hydrogen-bond donors (Lipinski definition) is 0. The molecule has 1 aliphatic rings. The van der Waals surface area contributed by atoms with Gasteiger partial charge < -0.3 is 4.74 Å². The van der Waals surface area contributed by atoms with Gasteiger partial charge in [0.05, 0.1) is 6.61 Å². The van der Waals surface area contributed by atoms with E-state index < -0.39 is 0 Å². The molecule has 0 bridgehead atoms. The summed E-state index contributed by atoms with van der Waals surface area (Å²) in [6.07, 6.45) is 6.75. The molecule has 1 rings (SSSR count). The predicted molar refractivity (Wildman–Crippen MR) is 66.0 cm³/mol. The van der Waals surface area contributed by atoms with Crippen LogP contribution in [0.15, 0.2) is 0 Å². The molecule has 1 unspecified atom stereocenters. The minimum absolute atomic E-state index is 0.467. The van der Waals surface area contributed by atoms with E-state index in [4.69, 9.17) is 4.74 Å². The minimum atomic E-state index is 0.467. The molecule has 1 heteroatoms. The third-order valence-electron chi connectivity index (χ3n) is 4.58. The molecule has 0 heterocycles. The zero-order valence-corrected chi connectivity index (χ0v) is 11.2. The number of hydrogen-bond acceptors (Lipinski definition) is 1. The van der Waals surface area contributed by atoms with E-state index in [9.17, 15) is 0 Å². The van der Waals surface area contributed by atoms with Crippen molar-refractivity contribution >= 4 is 0 Å². The molecule has 0 aromatic rings. The molecular formula is C14H28O. The molecule has 0 amide bonds. The largest absolute Gasteiger partial charge is 0.384 e. The standard InChI is InChI=1S/C14H28O/c1-6-13(3,4)10-14(11-15-5)9-7-8-12(14)2/h12H,6-11H2,1-5H3/t12?,14-/m0/s1. The molecule has 0 aromatic heterocycles. The van der Waals surface area contributed by atoms with Crippen LogP contribution in [0.1, 0.15) is 59.8 Å². The average molecular weight is 212 g/mol. The Morgan fingerprint density at radius 3 is 2.47 bits per heavy atom. The van der Waals surface area contributed by atoms with Crippen LogP contribution < -0.4 is 0 Å². The van der Waals surface area contributed by atoms with E-state index in [1.807, 2.05) is 7.11 Å². The van der Waals surface area contributed by atoms with E-state index in [0.29, 0.717) is 10.8 Å². The molecule has 1 saturated carbocycles. The summed E-state index contributed by atoms with van der Waals surface area (Å²) in [6.45, 7) is 10.5. The molecule has 0 radical (unpaired) electrons. The maximum Gasteiger partial charge on any atom is 0.0521 e. The maximum absolute atomic E-state index is 5.49. The Balaban J connectivity index is 2.73. The first-order valence-electron chi connectivity index (χ1n) is 6.45. The summed E-state index contributed by atoms with van der Waals surface area (Å²) in [4.78, 5) is 0. The van der Waals surface area contributed by atoms with E-state index >= 15 is 0 Å². The second kappa shape index (κ2) is 4.86. The lowest BCUT2D eigenvalue weighted by Gasteiger charge is -2.40. The fourth-order valence-electron chi connectivity index (χ4n) is 3.21. The predicted octanol–water partition coefficient (Wildman–Crippen LogP) is 4.27. The van der Waals surface area contributed by atoms with Gasteiger partial charge in [0.2, 0.25) is 0 Å². The highest BCUT2D eigenvalue weighted by atomic mass is 16.5. The molecule has 0 spiro atoms. The highest BCUT2D eigenvalue weighted by molar-refractivity contribution is 4.93. The molecular weight excluding hydrogens is 184 g/mol. The van der Waals surface area contributed by atoms with Crippen molar-refractivity contribution in [3.8, 4) is 0 Å². The Morgan fingerprint density at radius 2 is 2.07 bits per heavy atom. The fraction of sp³-hybridized carbons (Fsp3) is 1.00. The van der Waals surface area contributed by atoms with E-state index in [0.717, 1.165) is 12.5 Å². The summed E-state index contributed by atoms with van der Waals surface area (Å²) < 4.78 is 5.49. The number of rotatable bonds is 5. The van der Waals surface area contributed by atoms with Gasteiger partial charge >= 0.3 is 0 Å². The Hall–Kier alpha value is -0.0400. The summed E-state index contributed by atoms with van der Waals surface area (Å²) in [7, 11) is 1.85. The average Bonchev–Trinajstić information content (AvgIpc) is 2.48. The molecule has 0 N–H and O–H groups in total. The van der Waals surface area contributed by atoms with Gasteiger partial charge in [-0.15, -0.1) is 0 Å². The van der Waals surface area contributed by atoms with Crippen LogP contribution >= 0.6 is 0 Å². The highest BCUT2D eigenvalue weighted by Crippen LogP contribution is 2.50. The normalized spacial score (nSPS) is 32.2. The van der Waals surface area contributed by atoms with Gasteiger partial charge in [-0.25, -0.2) is 0 Å². The van der Waals surface area contributed by atoms with Crippen molar-refractivity contribution in [1.82, 2.24) is 0 Å². The van der Waals surface area contributed by atoms with Gasteiger partial charge in [-0.3, -0.25) is 0 Å². The molecule has 15 heavy (non-hydrogen) atoms. The van der Waals surface area contributed by atoms with Crippen LogP contribution in [-0.4, -0.2) is 13.7 Å². The second-order valence-electron chi connectivity index (χ2n) is 6.28. The first-order valence-corrected chi connectivity index (χ1v) is 6.45. The summed E-state index contributed by atoms with van der Waals surface area (Å²) in [5, 5.41) is 0. The molecule has 1 aliphatic carbocycles. The van der Waals surface area contributed by atoms with Crippen LogP contribution in [0.5, 0.6) is 0 Å². The lowest BCUT2D eigenvalue weighted by molar-refractivity contribution is 0.0164. The highest BCUT2D eigenvalue weighted by Gasteiger charge is 2.43. The van der Waals surface area contributed by atoms with Crippen LogP contribution in [0.4, 0.5) is 0 Å². The van der Waals surface area contributed by atoms with Gasteiger partial charge in [0.15, 0.2) is 0 Å². The van der Waals surface area contributed by atoms with Crippen molar-refractivity contribution in [1.29, 1.82) is 0 Å². The van der Waals surface area contributed by atoms with Crippen molar-refractivity contribution < 1.29 is 4.74 Å². The van der Waals surface area contributed by atoms with Gasteiger partial charge in [-0.2, -0.15) is 0 Å². The van der Waals surface area contributed by atoms with Crippen molar-refractivity contribution in [2.45, 2.75) is 59.8 Å². The molecule has 0 saturated heterocycles. The second-order valence-corrected chi connectivity index (χ2v) is 6.28. The fourth-order valence-corrected chi connectivity index (χ4v) is 3.21. The van der Waals surface area contributed by atoms with Gasteiger partial charge in [0.25, 0.3) is 0 Å². The third-order valence-corrected chi connectivity index (χ3v) is 4.58. The topological polar surface area (TPSA) is 9.23 Å². The Bertz CT molecular complexity index is 198. The van der Waals surface area contributed by atoms with E-state index in [1.54, 1.807) is 0 Å². The van der Waals surface area contributed by atoms with Crippen LogP contribution in [0.25, 0.3) is 0 Å². The van der Waals surface area contributed by atoms with E-state index in [-0.39, 0.29) is 0 Å². The number of ether oxygens (including phenoxy) is 1. The molecule has 1 fully saturated rings. The molecule has 1 nitrogen and oxygen atoms in total. The maximum atomic E-state index is 5.49. The first-order chi connectivity index (χ1) is 6.96. The van der Waals surface area contributed by atoms with Crippen LogP contribution in [0.3, 0.4) is 0 Å². The minimum Gasteiger partial charge on any atom is -0.384 e. The Labute approximate surface area is 95.6 Å². The van der Waals surface area contributed by atoms with Crippen molar-refractivity contribution in [2.24, 2.45) is 16.7 Å². The first kappa shape index (κ1) is 13.0. The molecule has 90 valence electrons. The van der Waals surface area contributed by atoms with Crippen LogP contribution in [0, 0.1) is 16.7 Å². The summed E-state index contributed by atoms with van der Waals surface area (Å²) in [6, 6.07) is 0. The smallest absolute Gasteiger partial charge is 0.0521 e. The Morgan fingerprint density at radius 1 is 1.40 bits per heavy atom. The van der Waals surface area contributed by atoms with Crippen molar-refractivity contribution in [3.63, 3.8) is 0 Å². The zero-order valence-electron chi connectivity index (χ0n) is 11.2. The van der Waals surface area contributed by atoms with Gasteiger partial charge in [0.1, 0.15) is 0 Å². The van der Waals surface area contributed by atoms with Gasteiger partial charge in [0, 0.05) is 7.11 Å². The number of methoxy groups -OCH3 is 1. The van der Waals surface area contributed by atoms with E-state index in [1.165, 1.54) is 32.1 Å². The lowest BCUT2D eigenvalue weighted by Crippen LogP contribution is -2.34. The third kappa shape index (κ3) is 2.96. The molecule has 0 aromatic carbocycles. The summed E-state index contributed by atoms with van der Waals surface area (Å²) >= 11 is 0. The lowest BCUT2D eigenvalue weighted by atomic mass is 9.67. The SMILES string of the molecule is CCC(C)(C)C[C@]1(COC)CCCC1C. The van der Waals surface area contributed by atoms with Gasteiger partial charge in [-0.05, 0) is 29.6 Å². The quantitative estimate of drug-likeness (QED) is 0.661. The summed E-state index contributed by atoms with van der Waals surface area (Å²) in [5.74, 6) is 0.836. The van der Waals surface area contributed by atoms with Crippen molar-refractivity contribution in [3.05, 3.63) is 0 Å². The van der Waals surface area contributed by atoms with Crippen LogP contribution in [-0.2, 0) is 4.74 Å². The van der Waals surface area contributed by atoms with Crippen LogP contribution in [0.2, 0.25) is 0 Å². The van der Waals surface area contributed by atoms with E-state index in [2.05, 4.69) is 27.7 Å². The summed E-state index contributed by atoms with van der Waals surface area (Å²) in [5.41, 5.74) is 0.936. The Kier molecular flexibility index (Phi) is 4.22. The zero-order chi connectivity index (χ0) is 11.5.